The van der Waals surface area contributed by atoms with Gasteiger partial charge in [-0.3, -0.25) is 4.98 Å². The Morgan fingerprint density at radius 3 is 2.24 bits per heavy atom. The van der Waals surface area contributed by atoms with E-state index in [2.05, 4.69) is 9.97 Å². The van der Waals surface area contributed by atoms with Crippen LogP contribution >= 0.6 is 0 Å². The molecule has 6 nitrogen and oxygen atoms in total. The Labute approximate surface area is 167 Å². The second-order valence-corrected chi connectivity index (χ2v) is 6.50. The molecule has 0 saturated heterocycles. The van der Waals surface area contributed by atoms with Gasteiger partial charge in [0.25, 0.3) is 0 Å². The number of fused-ring (bicyclic) bond motifs is 1. The average Bonchev–Trinajstić information content (AvgIpc) is 3.17. The Balaban J connectivity index is 1.58. The number of para-hydroxylation sites is 1. The fourth-order valence-corrected chi connectivity index (χ4v) is 3.28. The summed E-state index contributed by atoms with van der Waals surface area (Å²) in [4.78, 5) is 8.35. The molecule has 0 aliphatic heterocycles. The molecular formula is C23H17N5O. The topological polar surface area (TPSA) is 78.9 Å². The predicted molar refractivity (Wildman–Crippen MR) is 113 cm³/mol. The van der Waals surface area contributed by atoms with E-state index >= 15 is 0 Å². The molecule has 0 bridgehead atoms. The third-order valence-corrected chi connectivity index (χ3v) is 4.64. The first kappa shape index (κ1) is 16.9. The van der Waals surface area contributed by atoms with E-state index in [1.165, 1.54) is 0 Å². The molecule has 0 saturated carbocycles. The molecule has 2 N–H and O–H groups in total. The number of nitrogen functional groups attached to an aromatic ring is 1. The Morgan fingerprint density at radius 2 is 1.48 bits per heavy atom. The monoisotopic (exact) mass is 379 g/mol. The number of anilines is 1. The van der Waals surface area contributed by atoms with Gasteiger partial charge in [-0.2, -0.15) is 5.10 Å². The maximum absolute atomic E-state index is 6.22. The molecule has 5 aromatic rings. The molecule has 0 amide bonds. The quantitative estimate of drug-likeness (QED) is 0.482. The summed E-state index contributed by atoms with van der Waals surface area (Å²) in [7, 11) is 0. The number of nitrogens with zero attached hydrogens (tertiary/aromatic N) is 4. The number of hydrogen-bond acceptors (Lipinski definition) is 5. The summed E-state index contributed by atoms with van der Waals surface area (Å²) in [5, 5.41) is 5.65. The van der Waals surface area contributed by atoms with Gasteiger partial charge in [-0.15, -0.1) is 0 Å². The minimum atomic E-state index is 0.447. The van der Waals surface area contributed by atoms with Crippen molar-refractivity contribution in [3.8, 4) is 28.4 Å². The zero-order valence-corrected chi connectivity index (χ0v) is 15.4. The van der Waals surface area contributed by atoms with Crippen LogP contribution in [0.1, 0.15) is 0 Å². The van der Waals surface area contributed by atoms with E-state index in [1.807, 2.05) is 77.5 Å². The summed E-state index contributed by atoms with van der Waals surface area (Å²) >= 11 is 0. The average molecular weight is 379 g/mol. The molecule has 140 valence electrons. The van der Waals surface area contributed by atoms with Crippen molar-refractivity contribution in [3.05, 3.63) is 91.4 Å². The van der Waals surface area contributed by atoms with Gasteiger partial charge in [0.1, 0.15) is 23.0 Å². The molecular weight excluding hydrogens is 362 g/mol. The van der Waals surface area contributed by atoms with Crippen LogP contribution in [0.2, 0.25) is 0 Å². The molecule has 0 spiro atoms. The molecule has 0 fully saturated rings. The van der Waals surface area contributed by atoms with Crippen LogP contribution < -0.4 is 10.5 Å². The number of hydrogen-bond donors (Lipinski definition) is 1. The van der Waals surface area contributed by atoms with Crippen LogP contribution in [-0.2, 0) is 0 Å². The first-order valence-corrected chi connectivity index (χ1v) is 9.16. The van der Waals surface area contributed by atoms with Crippen LogP contribution in [0, 0.1) is 0 Å². The fourth-order valence-electron chi connectivity index (χ4n) is 3.28. The van der Waals surface area contributed by atoms with Crippen molar-refractivity contribution in [1.29, 1.82) is 0 Å². The van der Waals surface area contributed by atoms with Crippen molar-refractivity contribution in [2.75, 3.05) is 5.73 Å². The minimum Gasteiger partial charge on any atom is -0.457 e. The third kappa shape index (κ3) is 3.17. The molecule has 5 rings (SSSR count). The van der Waals surface area contributed by atoms with Crippen molar-refractivity contribution < 1.29 is 4.74 Å². The molecule has 0 aliphatic rings. The van der Waals surface area contributed by atoms with Gasteiger partial charge in [0.2, 0.25) is 0 Å². The lowest BCUT2D eigenvalue weighted by molar-refractivity contribution is 0.483. The molecule has 0 radical (unpaired) electrons. The molecule has 0 unspecified atom stereocenters. The molecule has 0 aliphatic carbocycles. The lowest BCUT2D eigenvalue weighted by Crippen LogP contribution is -1.96. The fraction of sp³-hybridized carbons (Fsp3) is 0. The number of ether oxygens (including phenoxy) is 1. The Kier molecular flexibility index (Phi) is 4.14. The highest BCUT2D eigenvalue weighted by molar-refractivity contribution is 6.00. The van der Waals surface area contributed by atoms with Crippen molar-refractivity contribution in [1.82, 2.24) is 19.7 Å². The second kappa shape index (κ2) is 7.09. The van der Waals surface area contributed by atoms with Gasteiger partial charge in [0, 0.05) is 24.2 Å². The van der Waals surface area contributed by atoms with Crippen LogP contribution in [0.5, 0.6) is 11.5 Å². The minimum absolute atomic E-state index is 0.447. The number of aromatic nitrogens is 4. The van der Waals surface area contributed by atoms with E-state index < -0.39 is 0 Å². The SMILES string of the molecule is Nc1nccc2c1c(-c1ccc(Oc3ccccc3)cc1)nn2-c1ccncc1. The van der Waals surface area contributed by atoms with Crippen LogP contribution in [0.25, 0.3) is 27.8 Å². The molecule has 3 heterocycles. The molecule has 3 aromatic heterocycles. The van der Waals surface area contributed by atoms with Crippen molar-refractivity contribution in [3.63, 3.8) is 0 Å². The standard InChI is InChI=1S/C23H17N5O/c24-23-21-20(12-15-26-23)28(17-10-13-25-14-11-17)27-22(21)16-6-8-19(9-7-16)29-18-4-2-1-3-5-18/h1-15H,(H2,24,26). The summed E-state index contributed by atoms with van der Waals surface area (Å²) in [6.45, 7) is 0. The summed E-state index contributed by atoms with van der Waals surface area (Å²) in [6, 6.07) is 23.2. The Morgan fingerprint density at radius 1 is 0.759 bits per heavy atom. The summed E-state index contributed by atoms with van der Waals surface area (Å²) in [6.07, 6.45) is 5.17. The number of pyridine rings is 2. The lowest BCUT2D eigenvalue weighted by atomic mass is 10.1. The number of benzene rings is 2. The Bertz CT molecular complexity index is 1270. The van der Waals surface area contributed by atoms with Crippen molar-refractivity contribution >= 4 is 16.7 Å². The lowest BCUT2D eigenvalue weighted by Gasteiger charge is -2.06. The zero-order chi connectivity index (χ0) is 19.6. The van der Waals surface area contributed by atoms with Gasteiger partial charge in [0.05, 0.1) is 16.6 Å². The van der Waals surface area contributed by atoms with Crippen LogP contribution in [-0.4, -0.2) is 19.7 Å². The van der Waals surface area contributed by atoms with E-state index in [0.717, 1.165) is 39.3 Å². The van der Waals surface area contributed by atoms with E-state index in [4.69, 9.17) is 15.6 Å². The van der Waals surface area contributed by atoms with Gasteiger partial charge in [-0.05, 0) is 54.6 Å². The third-order valence-electron chi connectivity index (χ3n) is 4.64. The van der Waals surface area contributed by atoms with Crippen molar-refractivity contribution in [2.45, 2.75) is 0 Å². The van der Waals surface area contributed by atoms with E-state index in [9.17, 15) is 0 Å². The van der Waals surface area contributed by atoms with Crippen LogP contribution in [0.15, 0.2) is 91.4 Å². The zero-order valence-electron chi connectivity index (χ0n) is 15.4. The van der Waals surface area contributed by atoms with Gasteiger partial charge in [-0.25, -0.2) is 9.67 Å². The summed E-state index contributed by atoms with van der Waals surface area (Å²) < 4.78 is 7.75. The first-order chi connectivity index (χ1) is 14.3. The van der Waals surface area contributed by atoms with E-state index in [1.54, 1.807) is 18.6 Å². The van der Waals surface area contributed by atoms with Crippen LogP contribution in [0.4, 0.5) is 5.82 Å². The molecule has 29 heavy (non-hydrogen) atoms. The number of nitrogens with two attached hydrogens (primary N) is 1. The highest BCUT2D eigenvalue weighted by Crippen LogP contribution is 2.33. The summed E-state index contributed by atoms with van der Waals surface area (Å²) in [5.41, 5.74) is 9.72. The van der Waals surface area contributed by atoms with Gasteiger partial charge in [0.15, 0.2) is 0 Å². The van der Waals surface area contributed by atoms with Crippen LogP contribution in [0.3, 0.4) is 0 Å². The smallest absolute Gasteiger partial charge is 0.135 e. The highest BCUT2D eigenvalue weighted by atomic mass is 16.5. The highest BCUT2D eigenvalue weighted by Gasteiger charge is 2.16. The van der Waals surface area contributed by atoms with Gasteiger partial charge in [-0.1, -0.05) is 18.2 Å². The second-order valence-electron chi connectivity index (χ2n) is 6.50. The van der Waals surface area contributed by atoms with Gasteiger partial charge < -0.3 is 10.5 Å². The molecule has 6 heteroatoms. The normalized spacial score (nSPS) is 10.9. The predicted octanol–water partition coefficient (Wildman–Crippen LogP) is 4.86. The Hall–Kier alpha value is -4.19. The van der Waals surface area contributed by atoms with E-state index in [0.29, 0.717) is 5.82 Å². The first-order valence-electron chi connectivity index (χ1n) is 9.16. The maximum Gasteiger partial charge on any atom is 0.135 e. The largest absolute Gasteiger partial charge is 0.457 e. The molecule has 0 atom stereocenters. The summed E-state index contributed by atoms with van der Waals surface area (Å²) in [5.74, 6) is 1.99. The van der Waals surface area contributed by atoms with E-state index in [-0.39, 0.29) is 0 Å². The number of rotatable bonds is 4. The molecule has 2 aromatic carbocycles. The van der Waals surface area contributed by atoms with Crippen molar-refractivity contribution in [2.24, 2.45) is 0 Å². The maximum atomic E-state index is 6.22. The van der Waals surface area contributed by atoms with Gasteiger partial charge >= 0.3 is 0 Å².